The molecule has 0 heterocycles. The Morgan fingerprint density at radius 2 is 1.95 bits per heavy atom. The second-order valence-electron chi connectivity index (χ2n) is 6.89. The minimum absolute atomic E-state index is 0.272. The number of anilines is 1. The zero-order valence-electron chi connectivity index (χ0n) is 14.1. The van der Waals surface area contributed by atoms with Crippen molar-refractivity contribution in [2.45, 2.75) is 64.8 Å². The van der Waals surface area contributed by atoms with E-state index >= 15 is 0 Å². The molecular formula is C19H32N2. The van der Waals surface area contributed by atoms with Crippen LogP contribution in [-0.4, -0.2) is 19.6 Å². The van der Waals surface area contributed by atoms with Crippen molar-refractivity contribution in [2.75, 3.05) is 18.5 Å². The minimum Gasteiger partial charge on any atom is -0.374 e. The van der Waals surface area contributed by atoms with E-state index in [1.54, 1.807) is 0 Å². The first-order valence-corrected chi connectivity index (χ1v) is 8.66. The predicted octanol–water partition coefficient (Wildman–Crippen LogP) is 4.29. The van der Waals surface area contributed by atoms with Gasteiger partial charge in [-0.1, -0.05) is 43.9 Å². The Labute approximate surface area is 130 Å². The molecule has 21 heavy (non-hydrogen) atoms. The first-order valence-electron chi connectivity index (χ1n) is 8.66. The van der Waals surface area contributed by atoms with Crippen molar-refractivity contribution in [1.29, 1.82) is 0 Å². The van der Waals surface area contributed by atoms with E-state index < -0.39 is 0 Å². The van der Waals surface area contributed by atoms with Gasteiger partial charge in [-0.2, -0.15) is 0 Å². The van der Waals surface area contributed by atoms with Gasteiger partial charge in [0.2, 0.25) is 0 Å². The van der Waals surface area contributed by atoms with E-state index in [1.165, 1.54) is 55.5 Å². The van der Waals surface area contributed by atoms with E-state index in [1.807, 2.05) is 0 Å². The fraction of sp³-hybridized carbons (Fsp3) is 0.684. The number of hydrogen-bond acceptors (Lipinski definition) is 2. The Bertz CT molecular complexity index is 435. The summed E-state index contributed by atoms with van der Waals surface area (Å²) in [5, 5.41) is 0. The molecule has 2 nitrogen and oxygen atoms in total. The fourth-order valence-electron chi connectivity index (χ4n) is 3.53. The molecule has 0 radical (unpaired) electrons. The second kappa shape index (κ2) is 7.84. The van der Waals surface area contributed by atoms with E-state index in [4.69, 9.17) is 5.73 Å². The summed E-state index contributed by atoms with van der Waals surface area (Å²) in [6, 6.07) is 7.11. The van der Waals surface area contributed by atoms with Crippen molar-refractivity contribution in [3.05, 3.63) is 29.3 Å². The van der Waals surface area contributed by atoms with Gasteiger partial charge in [0.25, 0.3) is 0 Å². The van der Waals surface area contributed by atoms with Crippen molar-refractivity contribution in [3.63, 3.8) is 0 Å². The van der Waals surface area contributed by atoms with E-state index in [0.717, 1.165) is 18.8 Å². The molecule has 0 aliphatic heterocycles. The summed E-state index contributed by atoms with van der Waals surface area (Å²) in [5.41, 5.74) is 10.3. The molecular weight excluding hydrogens is 256 g/mol. The summed E-state index contributed by atoms with van der Waals surface area (Å²) in [4.78, 5) is 2.47. The Morgan fingerprint density at radius 1 is 1.24 bits per heavy atom. The van der Waals surface area contributed by atoms with Gasteiger partial charge in [0, 0.05) is 25.3 Å². The van der Waals surface area contributed by atoms with Crippen molar-refractivity contribution in [1.82, 2.24) is 0 Å². The Kier molecular flexibility index (Phi) is 6.10. The monoisotopic (exact) mass is 288 g/mol. The van der Waals surface area contributed by atoms with Crippen LogP contribution in [0, 0.1) is 12.8 Å². The maximum atomic E-state index is 6.19. The quantitative estimate of drug-likeness (QED) is 0.846. The molecule has 2 N–H and O–H groups in total. The topological polar surface area (TPSA) is 29.3 Å². The normalized spacial score (nSPS) is 17.7. The average molecular weight is 288 g/mol. The van der Waals surface area contributed by atoms with Crippen LogP contribution in [0.2, 0.25) is 0 Å². The molecule has 0 saturated heterocycles. The van der Waals surface area contributed by atoms with Gasteiger partial charge >= 0.3 is 0 Å². The molecule has 1 fully saturated rings. The van der Waals surface area contributed by atoms with Crippen LogP contribution in [0.1, 0.15) is 56.6 Å². The predicted molar refractivity (Wildman–Crippen MR) is 93.0 cm³/mol. The lowest BCUT2D eigenvalue weighted by Gasteiger charge is -2.30. The summed E-state index contributed by atoms with van der Waals surface area (Å²) in [6.45, 7) is 5.54. The number of hydrogen-bond donors (Lipinski definition) is 1. The zero-order chi connectivity index (χ0) is 15.2. The molecule has 1 atom stereocenters. The van der Waals surface area contributed by atoms with Gasteiger partial charge in [0.15, 0.2) is 0 Å². The van der Waals surface area contributed by atoms with E-state index in [2.05, 4.69) is 44.0 Å². The number of nitrogens with two attached hydrogens (primary N) is 1. The number of aryl methyl sites for hydroxylation is 1. The molecule has 1 aliphatic rings. The van der Waals surface area contributed by atoms with E-state index in [0.29, 0.717) is 0 Å². The highest BCUT2D eigenvalue weighted by Crippen LogP contribution is 2.28. The highest BCUT2D eigenvalue weighted by molar-refractivity contribution is 5.55. The van der Waals surface area contributed by atoms with E-state index in [-0.39, 0.29) is 6.04 Å². The molecule has 0 aromatic heterocycles. The lowest BCUT2D eigenvalue weighted by molar-refractivity contribution is 0.362. The summed E-state index contributed by atoms with van der Waals surface area (Å²) < 4.78 is 0. The number of rotatable bonds is 6. The van der Waals surface area contributed by atoms with Gasteiger partial charge in [-0.25, -0.2) is 0 Å². The minimum atomic E-state index is 0.272. The van der Waals surface area contributed by atoms with E-state index in [9.17, 15) is 0 Å². The van der Waals surface area contributed by atoms with Crippen LogP contribution in [0.4, 0.5) is 5.69 Å². The first-order chi connectivity index (χ1) is 10.1. The SMILES string of the molecule is CCC(N)Cc1cc(C)ccc1N(C)CC1CCCCC1. The first kappa shape index (κ1) is 16.4. The van der Waals surface area contributed by atoms with Gasteiger partial charge < -0.3 is 10.6 Å². The molecule has 2 rings (SSSR count). The zero-order valence-corrected chi connectivity index (χ0v) is 14.1. The van der Waals surface area contributed by atoms with Crippen LogP contribution >= 0.6 is 0 Å². The smallest absolute Gasteiger partial charge is 0.0397 e. The van der Waals surface area contributed by atoms with Gasteiger partial charge in [-0.05, 0) is 50.2 Å². The van der Waals surface area contributed by atoms with Crippen molar-refractivity contribution in [3.8, 4) is 0 Å². The highest BCUT2D eigenvalue weighted by Gasteiger charge is 2.17. The molecule has 1 aliphatic carbocycles. The molecule has 118 valence electrons. The molecule has 0 amide bonds. The standard InChI is InChI=1S/C19H32N2/c1-4-18(20)13-17-12-15(2)10-11-19(17)21(3)14-16-8-6-5-7-9-16/h10-12,16,18H,4-9,13-14,20H2,1-3H3. The van der Waals surface area contributed by atoms with Crippen molar-refractivity contribution < 1.29 is 0 Å². The van der Waals surface area contributed by atoms with Crippen molar-refractivity contribution >= 4 is 5.69 Å². The Morgan fingerprint density at radius 3 is 2.62 bits per heavy atom. The summed E-state index contributed by atoms with van der Waals surface area (Å²) in [5.74, 6) is 0.873. The second-order valence-corrected chi connectivity index (χ2v) is 6.89. The van der Waals surface area contributed by atoms with Crippen LogP contribution in [0.15, 0.2) is 18.2 Å². The third-order valence-electron chi connectivity index (χ3n) is 4.91. The maximum Gasteiger partial charge on any atom is 0.0397 e. The molecule has 2 heteroatoms. The summed E-state index contributed by atoms with van der Waals surface area (Å²) in [6.07, 6.45) is 9.10. The van der Waals surface area contributed by atoms with Crippen molar-refractivity contribution in [2.24, 2.45) is 11.7 Å². The Balaban J connectivity index is 2.09. The maximum absolute atomic E-state index is 6.19. The van der Waals surface area contributed by atoms with Crippen LogP contribution in [0.5, 0.6) is 0 Å². The molecule has 1 unspecified atom stereocenters. The van der Waals surface area contributed by atoms with Crippen LogP contribution in [-0.2, 0) is 6.42 Å². The molecule has 0 bridgehead atoms. The fourth-order valence-corrected chi connectivity index (χ4v) is 3.53. The Hall–Kier alpha value is -1.02. The largest absolute Gasteiger partial charge is 0.374 e. The molecule has 1 aromatic rings. The summed E-state index contributed by atoms with van der Waals surface area (Å²) >= 11 is 0. The molecule has 1 aromatic carbocycles. The average Bonchev–Trinajstić information content (AvgIpc) is 2.48. The number of benzene rings is 1. The highest BCUT2D eigenvalue weighted by atomic mass is 15.1. The van der Waals surface area contributed by atoms with Gasteiger partial charge in [0.1, 0.15) is 0 Å². The third kappa shape index (κ3) is 4.74. The molecule has 1 saturated carbocycles. The number of nitrogens with zero attached hydrogens (tertiary/aromatic N) is 1. The van der Waals surface area contributed by atoms with Crippen LogP contribution in [0.3, 0.4) is 0 Å². The van der Waals surface area contributed by atoms with Gasteiger partial charge in [-0.3, -0.25) is 0 Å². The van der Waals surface area contributed by atoms with Gasteiger partial charge in [0.05, 0.1) is 0 Å². The lowest BCUT2D eigenvalue weighted by atomic mass is 9.88. The lowest BCUT2D eigenvalue weighted by Crippen LogP contribution is -2.29. The third-order valence-corrected chi connectivity index (χ3v) is 4.91. The van der Waals surface area contributed by atoms with Gasteiger partial charge in [-0.15, -0.1) is 0 Å². The summed E-state index contributed by atoms with van der Waals surface area (Å²) in [7, 11) is 2.25. The molecule has 0 spiro atoms. The van der Waals surface area contributed by atoms with Crippen LogP contribution < -0.4 is 10.6 Å². The van der Waals surface area contributed by atoms with Crippen LogP contribution in [0.25, 0.3) is 0 Å².